The summed E-state index contributed by atoms with van der Waals surface area (Å²) in [5, 5.41) is 0. The molecule has 3 aromatic rings. The normalized spacial score (nSPS) is 23.1. The molecule has 0 aliphatic carbocycles. The summed E-state index contributed by atoms with van der Waals surface area (Å²) in [6.45, 7) is 1.30. The molecule has 38 heavy (non-hydrogen) atoms. The second-order valence-corrected chi connectivity index (χ2v) is 9.53. The number of Topliss-reactive ketones (excluding diaryl/α,β-unsaturated/α-hetero) is 1. The minimum atomic E-state index is -0.881. The van der Waals surface area contributed by atoms with Crippen LogP contribution in [0.5, 0.6) is 11.5 Å². The van der Waals surface area contributed by atoms with E-state index >= 15 is 0 Å². The predicted octanol–water partition coefficient (Wildman–Crippen LogP) is 4.02. The molecule has 190 valence electrons. The summed E-state index contributed by atoms with van der Waals surface area (Å²) in [5.74, 6) is -2.14. The van der Waals surface area contributed by atoms with Crippen molar-refractivity contribution >= 4 is 35.3 Å². The Morgan fingerprint density at radius 2 is 1.47 bits per heavy atom. The summed E-state index contributed by atoms with van der Waals surface area (Å²) in [5.41, 5.74) is 2.66. The van der Waals surface area contributed by atoms with E-state index in [1.165, 1.54) is 11.8 Å². The van der Waals surface area contributed by atoms with Gasteiger partial charge in [-0.15, -0.1) is 0 Å². The molecule has 0 aromatic heterocycles. The Morgan fingerprint density at radius 3 is 2.16 bits per heavy atom. The monoisotopic (exact) mass is 508 g/mol. The van der Waals surface area contributed by atoms with E-state index in [0.29, 0.717) is 22.7 Å². The first-order valence-corrected chi connectivity index (χ1v) is 12.3. The highest BCUT2D eigenvalue weighted by atomic mass is 16.5. The van der Waals surface area contributed by atoms with E-state index < -0.39 is 35.8 Å². The third-order valence-corrected chi connectivity index (χ3v) is 7.46. The number of carbonyl (C=O) groups excluding carboxylic acids is 4. The van der Waals surface area contributed by atoms with Gasteiger partial charge in [-0.1, -0.05) is 24.3 Å². The van der Waals surface area contributed by atoms with Crippen LogP contribution in [0, 0.1) is 11.8 Å². The maximum Gasteiger partial charge on any atom is 0.308 e. The Morgan fingerprint density at radius 1 is 0.816 bits per heavy atom. The molecule has 6 rings (SSSR count). The first-order valence-electron chi connectivity index (χ1n) is 12.3. The first kappa shape index (κ1) is 23.7. The average Bonchev–Trinajstić information content (AvgIpc) is 3.40. The quantitative estimate of drug-likeness (QED) is 0.222. The molecule has 8 heteroatoms. The van der Waals surface area contributed by atoms with Crippen LogP contribution in [-0.2, 0) is 14.4 Å². The molecule has 4 atom stereocenters. The lowest BCUT2D eigenvalue weighted by Crippen LogP contribution is -2.44. The van der Waals surface area contributed by atoms with Crippen LogP contribution in [-0.4, -0.2) is 41.6 Å². The number of esters is 1. The molecule has 2 fully saturated rings. The molecule has 2 saturated heterocycles. The van der Waals surface area contributed by atoms with Gasteiger partial charge in [0.15, 0.2) is 5.78 Å². The fraction of sp³-hybridized carbons (Fsp3) is 0.200. The molecular formula is C30H24N2O6. The molecule has 0 spiro atoms. The third-order valence-electron chi connectivity index (χ3n) is 7.46. The number of fused-ring (bicyclic) bond motifs is 5. The second-order valence-electron chi connectivity index (χ2n) is 9.53. The van der Waals surface area contributed by atoms with E-state index in [-0.39, 0.29) is 11.7 Å². The van der Waals surface area contributed by atoms with E-state index in [4.69, 9.17) is 9.47 Å². The summed E-state index contributed by atoms with van der Waals surface area (Å²) in [6, 6.07) is 19.4. The Hall–Kier alpha value is -4.72. The third kappa shape index (κ3) is 3.60. The van der Waals surface area contributed by atoms with Crippen molar-refractivity contribution in [2.24, 2.45) is 11.8 Å². The molecule has 3 heterocycles. The van der Waals surface area contributed by atoms with Crippen molar-refractivity contribution in [3.05, 3.63) is 95.7 Å². The molecule has 8 nitrogen and oxygen atoms in total. The number of anilines is 1. The number of rotatable bonds is 5. The highest BCUT2D eigenvalue weighted by molar-refractivity contribution is 6.24. The maximum atomic E-state index is 14.0. The lowest BCUT2D eigenvalue weighted by molar-refractivity contribution is -0.132. The van der Waals surface area contributed by atoms with Gasteiger partial charge < -0.3 is 14.4 Å². The van der Waals surface area contributed by atoms with Gasteiger partial charge >= 0.3 is 5.97 Å². The van der Waals surface area contributed by atoms with Crippen molar-refractivity contribution in [2.75, 3.05) is 12.0 Å². The number of ketones is 1. The standard InChI is InChI=1S/C30H24N2O6/c1-17(33)38-22-11-7-19(8-12-22)28(34)27-25-24(26-23-6-4-3-5-18(23)15-16-31(26)27)29(35)32(30(25)36)20-9-13-21(37-2)14-10-20/h3-16,24-27H,1-2H3/t24-,25+,26+,27+/m1/s1. The van der Waals surface area contributed by atoms with Gasteiger partial charge in [0.1, 0.15) is 17.5 Å². The van der Waals surface area contributed by atoms with Crippen LogP contribution in [0.2, 0.25) is 0 Å². The van der Waals surface area contributed by atoms with Crippen LogP contribution in [0.1, 0.15) is 34.5 Å². The van der Waals surface area contributed by atoms with Crippen molar-refractivity contribution in [1.29, 1.82) is 0 Å². The average molecular weight is 509 g/mol. The lowest BCUT2D eigenvalue weighted by atomic mass is 9.83. The molecule has 3 aliphatic heterocycles. The molecule has 3 aliphatic rings. The van der Waals surface area contributed by atoms with Crippen LogP contribution in [0.15, 0.2) is 79.0 Å². The molecule has 0 saturated carbocycles. The van der Waals surface area contributed by atoms with E-state index in [0.717, 1.165) is 11.1 Å². The molecule has 3 aromatic carbocycles. The minimum absolute atomic E-state index is 0.279. The maximum absolute atomic E-state index is 14.0. The first-order chi connectivity index (χ1) is 18.4. The Bertz CT molecular complexity index is 1490. The molecule has 0 unspecified atom stereocenters. The number of methoxy groups -OCH3 is 1. The summed E-state index contributed by atoms with van der Waals surface area (Å²) in [7, 11) is 1.54. The topological polar surface area (TPSA) is 93.2 Å². The highest BCUT2D eigenvalue weighted by Crippen LogP contribution is 2.53. The minimum Gasteiger partial charge on any atom is -0.497 e. The molecular weight excluding hydrogens is 484 g/mol. The van der Waals surface area contributed by atoms with Gasteiger partial charge in [0.25, 0.3) is 0 Å². The number of carbonyl (C=O) groups is 4. The summed E-state index contributed by atoms with van der Waals surface area (Å²) < 4.78 is 10.3. The van der Waals surface area contributed by atoms with Gasteiger partial charge in [-0.05, 0) is 65.7 Å². The number of hydrogen-bond donors (Lipinski definition) is 0. The molecule has 0 N–H and O–H groups in total. The van der Waals surface area contributed by atoms with Crippen molar-refractivity contribution in [3.63, 3.8) is 0 Å². The number of ether oxygens (including phenoxy) is 2. The lowest BCUT2D eigenvalue weighted by Gasteiger charge is -2.35. The molecule has 2 amide bonds. The zero-order chi connectivity index (χ0) is 26.6. The van der Waals surface area contributed by atoms with E-state index in [2.05, 4.69) is 0 Å². The van der Waals surface area contributed by atoms with Gasteiger partial charge in [-0.3, -0.25) is 19.2 Å². The van der Waals surface area contributed by atoms with E-state index in [1.807, 2.05) is 41.4 Å². The zero-order valence-electron chi connectivity index (χ0n) is 20.7. The van der Waals surface area contributed by atoms with Crippen LogP contribution in [0.3, 0.4) is 0 Å². The molecule has 0 radical (unpaired) electrons. The number of imide groups is 1. The fourth-order valence-corrected chi connectivity index (χ4v) is 5.87. The van der Waals surface area contributed by atoms with Gasteiger partial charge in [0.2, 0.25) is 11.8 Å². The number of hydrogen-bond acceptors (Lipinski definition) is 7. The highest BCUT2D eigenvalue weighted by Gasteiger charge is 2.64. The van der Waals surface area contributed by atoms with Crippen LogP contribution in [0.4, 0.5) is 5.69 Å². The van der Waals surface area contributed by atoms with Crippen molar-refractivity contribution in [2.45, 2.75) is 19.0 Å². The van der Waals surface area contributed by atoms with Crippen LogP contribution in [0.25, 0.3) is 6.08 Å². The summed E-state index contributed by atoms with van der Waals surface area (Å²) in [6.07, 6.45) is 3.73. The SMILES string of the molecule is COc1ccc(N2C(=O)[C@@H]3[C@H](C2=O)[C@@H](C(=O)c2ccc(OC(C)=O)cc2)N2C=Cc4ccccc4[C@@H]32)cc1. The Kier molecular flexibility index (Phi) is 5.60. The predicted molar refractivity (Wildman–Crippen MR) is 138 cm³/mol. The van der Waals surface area contributed by atoms with Gasteiger partial charge in [-0.25, -0.2) is 4.90 Å². The number of benzene rings is 3. The Balaban J connectivity index is 1.43. The largest absolute Gasteiger partial charge is 0.497 e. The fourth-order valence-electron chi connectivity index (χ4n) is 5.87. The number of amides is 2. The summed E-state index contributed by atoms with van der Waals surface area (Å²) >= 11 is 0. The van der Waals surface area contributed by atoms with Crippen molar-refractivity contribution in [1.82, 2.24) is 4.90 Å². The second kappa shape index (κ2) is 8.99. The smallest absolute Gasteiger partial charge is 0.308 e. The van der Waals surface area contributed by atoms with Crippen LogP contribution >= 0.6 is 0 Å². The number of nitrogens with zero attached hydrogens (tertiary/aromatic N) is 2. The Labute approximate surface area is 219 Å². The van der Waals surface area contributed by atoms with Gasteiger partial charge in [-0.2, -0.15) is 0 Å². The van der Waals surface area contributed by atoms with Crippen molar-refractivity contribution in [3.8, 4) is 11.5 Å². The van der Waals surface area contributed by atoms with Gasteiger partial charge in [0.05, 0.1) is 30.7 Å². The van der Waals surface area contributed by atoms with Gasteiger partial charge in [0, 0.05) is 18.7 Å². The van der Waals surface area contributed by atoms with E-state index in [9.17, 15) is 19.2 Å². The molecule has 0 bridgehead atoms. The summed E-state index contributed by atoms with van der Waals surface area (Å²) in [4.78, 5) is 56.2. The van der Waals surface area contributed by atoms with E-state index in [1.54, 1.807) is 55.6 Å². The van der Waals surface area contributed by atoms with Crippen LogP contribution < -0.4 is 14.4 Å². The zero-order valence-corrected chi connectivity index (χ0v) is 20.7. The van der Waals surface area contributed by atoms with Crippen molar-refractivity contribution < 1.29 is 28.7 Å².